The van der Waals surface area contributed by atoms with Crippen LogP contribution < -0.4 is 9.04 Å². The molecule has 1 aromatic carbocycles. The van der Waals surface area contributed by atoms with Gasteiger partial charge in [0.1, 0.15) is 5.75 Å². The summed E-state index contributed by atoms with van der Waals surface area (Å²) >= 11 is 0. The molecule has 3 rings (SSSR count). The Morgan fingerprint density at radius 1 is 1.25 bits per heavy atom. The first-order valence-corrected chi connectivity index (χ1v) is 10.1. The second-order valence-corrected chi connectivity index (χ2v) is 8.79. The molecule has 7 heteroatoms. The van der Waals surface area contributed by atoms with Crippen molar-refractivity contribution in [3.63, 3.8) is 0 Å². The van der Waals surface area contributed by atoms with Gasteiger partial charge < -0.3 is 9.64 Å². The van der Waals surface area contributed by atoms with Crippen LogP contribution in [-0.2, 0) is 14.8 Å². The number of carbonyl (C=O) groups is 1. The normalized spacial score (nSPS) is 22.0. The molecule has 0 saturated carbocycles. The summed E-state index contributed by atoms with van der Waals surface area (Å²) in [7, 11) is -3.48. The number of hydrogen-bond donors (Lipinski definition) is 0. The molecule has 6 nitrogen and oxygen atoms in total. The lowest BCUT2D eigenvalue weighted by atomic mass is 9.99. The zero-order valence-corrected chi connectivity index (χ0v) is 15.2. The lowest BCUT2D eigenvalue weighted by molar-refractivity contribution is -0.139. The van der Waals surface area contributed by atoms with E-state index in [1.54, 1.807) is 17.0 Å². The number of anilines is 1. The maximum atomic E-state index is 12.8. The maximum absolute atomic E-state index is 12.8. The first-order valence-electron chi connectivity index (χ1n) is 8.29. The summed E-state index contributed by atoms with van der Waals surface area (Å²) in [6.45, 7) is 5.52. The second-order valence-electron chi connectivity index (χ2n) is 6.88. The van der Waals surface area contributed by atoms with Gasteiger partial charge in [-0.3, -0.25) is 9.10 Å². The van der Waals surface area contributed by atoms with Crippen LogP contribution in [0.2, 0.25) is 0 Å². The van der Waals surface area contributed by atoms with E-state index in [1.165, 1.54) is 4.31 Å². The number of nitrogens with zero attached hydrogens (tertiary/aromatic N) is 2. The topological polar surface area (TPSA) is 66.9 Å². The van der Waals surface area contributed by atoms with E-state index in [4.69, 9.17) is 4.74 Å². The van der Waals surface area contributed by atoms with Crippen molar-refractivity contribution < 1.29 is 17.9 Å². The Labute approximate surface area is 143 Å². The molecule has 1 aromatic rings. The Morgan fingerprint density at radius 2 is 1.92 bits per heavy atom. The van der Waals surface area contributed by atoms with Crippen molar-refractivity contribution in [1.82, 2.24) is 4.90 Å². The summed E-state index contributed by atoms with van der Waals surface area (Å²) in [6, 6.07) is 5.37. The van der Waals surface area contributed by atoms with Crippen LogP contribution in [0.5, 0.6) is 5.75 Å². The van der Waals surface area contributed by atoms with E-state index >= 15 is 0 Å². The number of fused-ring (bicyclic) bond motifs is 1. The van der Waals surface area contributed by atoms with Gasteiger partial charge in [-0.1, -0.05) is 13.0 Å². The maximum Gasteiger partial charge on any atom is 0.265 e. The second kappa shape index (κ2) is 6.27. The Bertz CT molecular complexity index is 739. The molecule has 2 aliphatic heterocycles. The molecule has 1 fully saturated rings. The SMILES string of the molecule is Cc1ccc2c(c1)N(S(C)(=O)=O)CC(C(=O)N1CCC(C)CC1)O2. The minimum atomic E-state index is -3.48. The fourth-order valence-corrected chi connectivity index (χ4v) is 4.14. The Morgan fingerprint density at radius 3 is 2.54 bits per heavy atom. The van der Waals surface area contributed by atoms with Gasteiger partial charge >= 0.3 is 0 Å². The van der Waals surface area contributed by atoms with Crippen molar-refractivity contribution in [2.75, 3.05) is 30.2 Å². The summed E-state index contributed by atoms with van der Waals surface area (Å²) in [6.07, 6.45) is 2.33. The summed E-state index contributed by atoms with van der Waals surface area (Å²) in [5, 5.41) is 0. The minimum absolute atomic E-state index is 0.0279. The molecular formula is C17H24N2O4S. The zero-order valence-electron chi connectivity index (χ0n) is 14.4. The van der Waals surface area contributed by atoms with Gasteiger partial charge in [0.25, 0.3) is 5.91 Å². The zero-order chi connectivity index (χ0) is 17.5. The third-order valence-corrected chi connectivity index (χ3v) is 5.90. The lowest BCUT2D eigenvalue weighted by Crippen LogP contribution is -2.53. The summed E-state index contributed by atoms with van der Waals surface area (Å²) in [4.78, 5) is 14.6. The highest BCUT2D eigenvalue weighted by molar-refractivity contribution is 7.92. The van der Waals surface area contributed by atoms with Crippen molar-refractivity contribution >= 4 is 21.6 Å². The molecule has 2 aliphatic rings. The number of hydrogen-bond acceptors (Lipinski definition) is 4. The highest BCUT2D eigenvalue weighted by Gasteiger charge is 2.37. The van der Waals surface area contributed by atoms with E-state index in [2.05, 4.69) is 6.92 Å². The average molecular weight is 352 g/mol. The molecule has 2 heterocycles. The van der Waals surface area contributed by atoms with E-state index < -0.39 is 16.1 Å². The highest BCUT2D eigenvalue weighted by atomic mass is 32.2. The predicted molar refractivity (Wildman–Crippen MR) is 92.8 cm³/mol. The van der Waals surface area contributed by atoms with Crippen LogP contribution in [0.15, 0.2) is 18.2 Å². The number of amides is 1. The van der Waals surface area contributed by atoms with E-state index in [0.717, 1.165) is 24.7 Å². The van der Waals surface area contributed by atoms with Crippen LogP contribution in [0.4, 0.5) is 5.69 Å². The number of sulfonamides is 1. The molecule has 0 aromatic heterocycles. The standard InChI is InChI=1S/C17H24N2O4S/c1-12-6-8-18(9-7-12)17(20)16-11-19(24(3,21)22)14-10-13(2)4-5-15(14)23-16/h4-5,10,12,16H,6-9,11H2,1-3H3. The van der Waals surface area contributed by atoms with Gasteiger partial charge in [-0.25, -0.2) is 8.42 Å². The fourth-order valence-electron chi connectivity index (χ4n) is 3.24. The number of benzene rings is 1. The molecule has 0 bridgehead atoms. The summed E-state index contributed by atoms with van der Waals surface area (Å²) in [5.74, 6) is 0.945. The average Bonchev–Trinajstić information content (AvgIpc) is 2.53. The van der Waals surface area contributed by atoms with Gasteiger partial charge in [0.2, 0.25) is 10.0 Å². The number of aryl methyl sites for hydroxylation is 1. The first-order chi connectivity index (χ1) is 11.3. The molecule has 1 unspecified atom stereocenters. The molecule has 1 amide bonds. The van der Waals surface area contributed by atoms with Crippen LogP contribution >= 0.6 is 0 Å². The molecular weight excluding hydrogens is 328 g/mol. The van der Waals surface area contributed by atoms with Crippen LogP contribution in [0, 0.1) is 12.8 Å². The van der Waals surface area contributed by atoms with Crippen molar-refractivity contribution in [2.24, 2.45) is 5.92 Å². The van der Waals surface area contributed by atoms with Crippen molar-refractivity contribution in [2.45, 2.75) is 32.8 Å². The minimum Gasteiger partial charge on any atom is -0.476 e. The van der Waals surface area contributed by atoms with E-state index in [9.17, 15) is 13.2 Å². The van der Waals surface area contributed by atoms with Crippen molar-refractivity contribution in [3.05, 3.63) is 23.8 Å². The Kier molecular flexibility index (Phi) is 4.46. The van der Waals surface area contributed by atoms with Gasteiger partial charge in [0.05, 0.1) is 18.5 Å². The fraction of sp³-hybridized carbons (Fsp3) is 0.588. The number of rotatable bonds is 2. The van der Waals surface area contributed by atoms with E-state index in [-0.39, 0.29) is 12.5 Å². The monoisotopic (exact) mass is 352 g/mol. The highest BCUT2D eigenvalue weighted by Crippen LogP contribution is 2.36. The quantitative estimate of drug-likeness (QED) is 0.814. The van der Waals surface area contributed by atoms with Gasteiger partial charge in [-0.15, -0.1) is 0 Å². The van der Waals surface area contributed by atoms with Crippen molar-refractivity contribution in [1.29, 1.82) is 0 Å². The first kappa shape index (κ1) is 17.1. The van der Waals surface area contributed by atoms with Crippen LogP contribution in [0.25, 0.3) is 0 Å². The largest absolute Gasteiger partial charge is 0.476 e. The van der Waals surface area contributed by atoms with Gasteiger partial charge in [-0.2, -0.15) is 0 Å². The predicted octanol–water partition coefficient (Wildman–Crippen LogP) is 1.78. The van der Waals surface area contributed by atoms with Gasteiger partial charge in [0, 0.05) is 13.1 Å². The van der Waals surface area contributed by atoms with Crippen LogP contribution in [0.1, 0.15) is 25.3 Å². The summed E-state index contributed by atoms with van der Waals surface area (Å²) in [5.41, 5.74) is 1.45. The number of ether oxygens (including phenoxy) is 1. The number of carbonyl (C=O) groups excluding carboxylic acids is 1. The Hall–Kier alpha value is -1.76. The molecule has 0 aliphatic carbocycles. The van der Waals surface area contributed by atoms with Crippen LogP contribution in [0.3, 0.4) is 0 Å². The molecule has 1 atom stereocenters. The Balaban J connectivity index is 1.87. The van der Waals surface area contributed by atoms with Gasteiger partial charge in [-0.05, 0) is 43.4 Å². The summed E-state index contributed by atoms with van der Waals surface area (Å²) < 4.78 is 31.5. The molecule has 0 spiro atoms. The molecule has 0 N–H and O–H groups in total. The van der Waals surface area contributed by atoms with Gasteiger partial charge in [0.15, 0.2) is 6.10 Å². The third kappa shape index (κ3) is 3.36. The molecule has 1 saturated heterocycles. The van der Waals surface area contributed by atoms with Crippen LogP contribution in [-0.4, -0.2) is 51.2 Å². The third-order valence-electron chi connectivity index (χ3n) is 4.76. The van der Waals surface area contributed by atoms with Crippen molar-refractivity contribution in [3.8, 4) is 5.75 Å². The molecule has 132 valence electrons. The smallest absolute Gasteiger partial charge is 0.265 e. The van der Waals surface area contributed by atoms with E-state index in [0.29, 0.717) is 30.4 Å². The molecule has 0 radical (unpaired) electrons. The number of likely N-dealkylation sites (tertiary alicyclic amines) is 1. The molecule has 24 heavy (non-hydrogen) atoms. The van der Waals surface area contributed by atoms with E-state index in [1.807, 2.05) is 13.0 Å². The number of piperidine rings is 1. The lowest BCUT2D eigenvalue weighted by Gasteiger charge is -2.38.